The zero-order chi connectivity index (χ0) is 20.9. The Hall–Kier alpha value is -2.15. The molecule has 0 saturated carbocycles. The van der Waals surface area contributed by atoms with E-state index in [9.17, 15) is 9.18 Å². The van der Waals surface area contributed by atoms with E-state index in [0.29, 0.717) is 17.1 Å². The number of amides is 1. The molecule has 1 aliphatic heterocycles. The summed E-state index contributed by atoms with van der Waals surface area (Å²) < 4.78 is 16.7. The number of hydrogen-bond donors (Lipinski definition) is 1. The minimum absolute atomic E-state index is 0.131. The molecule has 1 aromatic heterocycles. The highest BCUT2D eigenvalue weighted by Gasteiger charge is 2.51. The molecule has 146 valence electrons. The molecule has 0 saturated heterocycles. The van der Waals surface area contributed by atoms with Gasteiger partial charge >= 0.3 is 0 Å². The second-order valence-electron chi connectivity index (χ2n) is 6.81. The summed E-state index contributed by atoms with van der Waals surface area (Å²) >= 11 is 14.3. The van der Waals surface area contributed by atoms with E-state index in [1.54, 1.807) is 37.4 Å². The summed E-state index contributed by atoms with van der Waals surface area (Å²) in [5, 5.41) is 11.7. The van der Waals surface area contributed by atoms with Crippen molar-refractivity contribution in [1.29, 1.82) is 5.26 Å². The Morgan fingerprint density at radius 2 is 1.86 bits per heavy atom. The van der Waals surface area contributed by atoms with Gasteiger partial charge in [0.25, 0.3) is 5.91 Å². The third-order valence-corrected chi connectivity index (χ3v) is 6.45. The molecule has 29 heavy (non-hydrogen) atoms. The van der Waals surface area contributed by atoms with Crippen molar-refractivity contribution >= 4 is 57.6 Å². The van der Waals surface area contributed by atoms with Gasteiger partial charge in [-0.2, -0.15) is 5.26 Å². The Labute approximate surface area is 189 Å². The number of fused-ring (bicyclic) bond motifs is 1. The Kier molecular flexibility index (Phi) is 5.05. The predicted molar refractivity (Wildman–Crippen MR) is 117 cm³/mol. The first-order valence-corrected chi connectivity index (χ1v) is 10.3. The van der Waals surface area contributed by atoms with Crippen molar-refractivity contribution < 1.29 is 9.18 Å². The molecule has 1 N–H and O–H groups in total. The van der Waals surface area contributed by atoms with Crippen LogP contribution in [0.25, 0.3) is 0 Å². The minimum atomic E-state index is -1.12. The fourth-order valence-corrected chi connectivity index (χ4v) is 5.16. The zero-order valence-electron chi connectivity index (χ0n) is 14.9. The largest absolute Gasteiger partial charge is 0.294 e. The number of nitrogens with zero attached hydrogens (tertiary/aromatic N) is 3. The molecule has 0 aliphatic carbocycles. The van der Waals surface area contributed by atoms with E-state index in [1.807, 2.05) is 4.57 Å². The second-order valence-corrected chi connectivity index (χ2v) is 8.73. The number of benzene rings is 2. The molecule has 0 bridgehead atoms. The maximum Gasteiger partial charge on any atom is 0.253 e. The van der Waals surface area contributed by atoms with E-state index in [-0.39, 0.29) is 16.0 Å². The molecule has 0 spiro atoms. The Morgan fingerprint density at radius 3 is 2.45 bits per heavy atom. The second kappa shape index (κ2) is 7.27. The molecular formula is C20H12Cl2FIN4O. The maximum atomic E-state index is 14.1. The van der Waals surface area contributed by atoms with Crippen LogP contribution in [0.2, 0.25) is 10.0 Å². The van der Waals surface area contributed by atoms with Crippen LogP contribution < -0.4 is 5.32 Å². The Bertz CT molecular complexity index is 1170. The monoisotopic (exact) mass is 540 g/mol. The lowest BCUT2D eigenvalue weighted by Gasteiger charge is -2.35. The lowest BCUT2D eigenvalue weighted by Crippen LogP contribution is -2.43. The van der Waals surface area contributed by atoms with Crippen LogP contribution in [-0.4, -0.2) is 15.5 Å². The molecule has 1 aliphatic rings. The van der Waals surface area contributed by atoms with Gasteiger partial charge in [0, 0.05) is 5.92 Å². The number of anilines is 1. The molecule has 2 atom stereocenters. The van der Waals surface area contributed by atoms with Gasteiger partial charge in [0.05, 0.1) is 27.9 Å². The number of halogens is 4. The van der Waals surface area contributed by atoms with Crippen molar-refractivity contribution in [3.8, 4) is 6.07 Å². The standard InChI is InChI=1S/C20H12Cl2FIN4O/c1-20(18(29)27-19-26-9-15(24)28(19)20)16(11-4-2-10(8-25)3-5-11)12-6-13(21)17(23)14(22)7-12/h2-7,9,16H,1H3,(H,26,27,29)/t16?,20-/m1/s1. The van der Waals surface area contributed by atoms with Crippen LogP contribution in [-0.2, 0) is 10.3 Å². The highest BCUT2D eigenvalue weighted by Crippen LogP contribution is 2.47. The van der Waals surface area contributed by atoms with Gasteiger partial charge in [-0.15, -0.1) is 0 Å². The number of nitriles is 1. The van der Waals surface area contributed by atoms with Crippen molar-refractivity contribution in [2.45, 2.75) is 18.4 Å². The Morgan fingerprint density at radius 1 is 1.24 bits per heavy atom. The summed E-state index contributed by atoms with van der Waals surface area (Å²) in [4.78, 5) is 17.4. The van der Waals surface area contributed by atoms with Crippen LogP contribution in [0.5, 0.6) is 0 Å². The summed E-state index contributed by atoms with van der Waals surface area (Å²) in [5.41, 5.74) is 0.682. The number of imidazole rings is 1. The molecule has 5 nitrogen and oxygen atoms in total. The smallest absolute Gasteiger partial charge is 0.253 e. The van der Waals surface area contributed by atoms with E-state index in [1.165, 1.54) is 12.1 Å². The molecule has 0 radical (unpaired) electrons. The number of nitrogens with one attached hydrogen (secondary N) is 1. The summed E-state index contributed by atoms with van der Waals surface area (Å²) in [6.45, 7) is 1.79. The zero-order valence-corrected chi connectivity index (χ0v) is 18.5. The van der Waals surface area contributed by atoms with Crippen molar-refractivity contribution in [2.24, 2.45) is 0 Å². The fraction of sp³-hybridized carbons (Fsp3) is 0.150. The average molecular weight is 541 g/mol. The number of hydrogen-bond acceptors (Lipinski definition) is 3. The normalized spacial score (nSPS) is 18.8. The van der Waals surface area contributed by atoms with Crippen LogP contribution in [0.1, 0.15) is 29.5 Å². The minimum Gasteiger partial charge on any atom is -0.294 e. The van der Waals surface area contributed by atoms with Crippen LogP contribution in [0.4, 0.5) is 10.3 Å². The van der Waals surface area contributed by atoms with Gasteiger partial charge in [-0.25, -0.2) is 9.37 Å². The molecule has 0 fully saturated rings. The lowest BCUT2D eigenvalue weighted by molar-refractivity contribution is -0.123. The van der Waals surface area contributed by atoms with Gasteiger partial charge in [-0.05, 0) is 64.9 Å². The van der Waals surface area contributed by atoms with E-state index >= 15 is 0 Å². The lowest BCUT2D eigenvalue weighted by atomic mass is 9.75. The third kappa shape index (κ3) is 3.10. The Balaban J connectivity index is 2.00. The van der Waals surface area contributed by atoms with Gasteiger partial charge in [-0.3, -0.25) is 14.7 Å². The maximum absolute atomic E-state index is 14.1. The molecule has 4 rings (SSSR count). The first-order valence-electron chi connectivity index (χ1n) is 8.47. The number of carbonyl (C=O) groups is 1. The van der Waals surface area contributed by atoms with E-state index in [2.05, 4.69) is 39.0 Å². The van der Waals surface area contributed by atoms with Gasteiger partial charge in [0.2, 0.25) is 5.95 Å². The van der Waals surface area contributed by atoms with Crippen LogP contribution >= 0.6 is 45.8 Å². The highest BCUT2D eigenvalue weighted by molar-refractivity contribution is 14.1. The number of rotatable bonds is 3. The van der Waals surface area contributed by atoms with E-state index in [0.717, 1.165) is 9.26 Å². The molecule has 1 amide bonds. The molecule has 9 heteroatoms. The van der Waals surface area contributed by atoms with Gasteiger partial charge in [-0.1, -0.05) is 35.3 Å². The topological polar surface area (TPSA) is 70.7 Å². The van der Waals surface area contributed by atoms with Crippen molar-refractivity contribution in [3.63, 3.8) is 0 Å². The molecule has 1 unspecified atom stereocenters. The predicted octanol–water partition coefficient (Wildman–Crippen LogP) is 5.30. The highest BCUT2D eigenvalue weighted by atomic mass is 127. The number of aromatic nitrogens is 2. The summed E-state index contributed by atoms with van der Waals surface area (Å²) in [5.74, 6) is -1.12. The van der Waals surface area contributed by atoms with Gasteiger partial charge < -0.3 is 0 Å². The van der Waals surface area contributed by atoms with E-state index < -0.39 is 17.3 Å². The number of carbonyl (C=O) groups excluding carboxylic acids is 1. The van der Waals surface area contributed by atoms with E-state index in [4.69, 9.17) is 28.5 Å². The molecule has 3 aromatic rings. The van der Waals surface area contributed by atoms with Gasteiger partial charge in [0.1, 0.15) is 9.24 Å². The quantitative estimate of drug-likeness (QED) is 0.362. The van der Waals surface area contributed by atoms with Crippen LogP contribution in [0, 0.1) is 20.8 Å². The molecule has 2 aromatic carbocycles. The average Bonchev–Trinajstić information content (AvgIpc) is 3.18. The summed E-state index contributed by atoms with van der Waals surface area (Å²) in [7, 11) is 0. The molecule has 2 heterocycles. The van der Waals surface area contributed by atoms with Crippen LogP contribution in [0.3, 0.4) is 0 Å². The van der Waals surface area contributed by atoms with Crippen molar-refractivity contribution in [1.82, 2.24) is 9.55 Å². The first kappa shape index (κ1) is 20.1. The first-order chi connectivity index (χ1) is 13.8. The molecular weight excluding hydrogens is 529 g/mol. The van der Waals surface area contributed by atoms with Crippen molar-refractivity contribution in [2.75, 3.05) is 5.32 Å². The third-order valence-electron chi connectivity index (χ3n) is 5.14. The SMILES string of the molecule is C[C@@]1(C(c2ccc(C#N)cc2)c2cc(Cl)c(F)c(Cl)c2)C(=O)Nc2ncc(I)n21. The summed E-state index contributed by atoms with van der Waals surface area (Å²) in [6, 6.07) is 11.9. The fourth-order valence-electron chi connectivity index (χ4n) is 3.78. The summed E-state index contributed by atoms with van der Waals surface area (Å²) in [6.07, 6.45) is 1.66. The van der Waals surface area contributed by atoms with Crippen molar-refractivity contribution in [3.05, 3.63) is 78.8 Å². The van der Waals surface area contributed by atoms with Crippen LogP contribution in [0.15, 0.2) is 42.6 Å². The van der Waals surface area contributed by atoms with Gasteiger partial charge in [0.15, 0.2) is 5.82 Å².